The highest BCUT2D eigenvalue weighted by Crippen LogP contribution is 2.21. The van der Waals surface area contributed by atoms with Crippen LogP contribution < -0.4 is 0 Å². The number of thioether (sulfide) groups is 1. The quantitative estimate of drug-likeness (QED) is 0.261. The maximum absolute atomic E-state index is 12.0. The van der Waals surface area contributed by atoms with E-state index in [1.165, 1.54) is 7.11 Å². The number of methoxy groups -OCH3 is 1. The van der Waals surface area contributed by atoms with Gasteiger partial charge in [-0.2, -0.15) is 8.42 Å². The van der Waals surface area contributed by atoms with E-state index in [2.05, 4.69) is 14.2 Å². The third-order valence-corrected chi connectivity index (χ3v) is 4.95. The maximum Gasteiger partial charge on any atom is 0.367 e. The second-order valence-corrected chi connectivity index (χ2v) is 7.68. The molecule has 0 fully saturated rings. The molecule has 0 radical (unpaired) electrons. The number of carbonyl (C=O) groups is 1. The number of nitrogens with zero attached hydrogens (tertiary/aromatic N) is 1. The standard InChI is InChI=1S/C17H17NO5S2/c1-13-8-10-15(11-9-13)24-16(17(19)22-2)18-23-25(20,21)12-14-6-4-3-5-7-14/h3-11H,12H2,1-2H3/b18-16-. The third kappa shape index (κ3) is 6.24. The molecular formula is C17H17NO5S2. The van der Waals surface area contributed by atoms with Gasteiger partial charge >= 0.3 is 16.1 Å². The normalized spacial score (nSPS) is 11.8. The van der Waals surface area contributed by atoms with Crippen molar-refractivity contribution in [3.05, 3.63) is 65.7 Å². The van der Waals surface area contributed by atoms with Crippen molar-refractivity contribution in [3.63, 3.8) is 0 Å². The number of hydrogen-bond donors (Lipinski definition) is 0. The van der Waals surface area contributed by atoms with Crippen LogP contribution in [0, 0.1) is 6.92 Å². The van der Waals surface area contributed by atoms with Crippen LogP contribution in [-0.2, 0) is 29.7 Å². The first-order valence-corrected chi connectivity index (χ1v) is 9.65. The largest absolute Gasteiger partial charge is 0.464 e. The summed E-state index contributed by atoms with van der Waals surface area (Å²) in [5, 5.41) is 3.29. The minimum Gasteiger partial charge on any atom is -0.464 e. The van der Waals surface area contributed by atoms with Crippen molar-refractivity contribution in [2.24, 2.45) is 5.16 Å². The van der Waals surface area contributed by atoms with Gasteiger partial charge < -0.3 is 4.74 Å². The summed E-state index contributed by atoms with van der Waals surface area (Å²) in [7, 11) is -2.79. The van der Waals surface area contributed by atoms with Crippen LogP contribution in [-0.4, -0.2) is 26.5 Å². The first-order chi connectivity index (χ1) is 11.9. The zero-order chi connectivity index (χ0) is 18.3. The van der Waals surface area contributed by atoms with E-state index in [4.69, 9.17) is 0 Å². The zero-order valence-electron chi connectivity index (χ0n) is 13.7. The van der Waals surface area contributed by atoms with Crippen molar-refractivity contribution in [1.29, 1.82) is 0 Å². The molecular weight excluding hydrogens is 362 g/mol. The van der Waals surface area contributed by atoms with E-state index in [-0.39, 0.29) is 10.8 Å². The number of oxime groups is 1. The van der Waals surface area contributed by atoms with E-state index < -0.39 is 16.1 Å². The van der Waals surface area contributed by atoms with Crippen LogP contribution in [0.15, 0.2) is 64.6 Å². The number of rotatable bonds is 5. The van der Waals surface area contributed by atoms with Gasteiger partial charge in [0.05, 0.1) is 7.11 Å². The zero-order valence-corrected chi connectivity index (χ0v) is 15.3. The molecule has 8 heteroatoms. The Bertz CT molecular complexity index is 846. The second-order valence-electron chi connectivity index (χ2n) is 5.07. The van der Waals surface area contributed by atoms with Crippen LogP contribution in [0.5, 0.6) is 0 Å². The summed E-state index contributed by atoms with van der Waals surface area (Å²) in [5.74, 6) is -1.12. The molecule has 0 aliphatic carbocycles. The maximum atomic E-state index is 12.0. The lowest BCUT2D eigenvalue weighted by Crippen LogP contribution is -2.14. The van der Waals surface area contributed by atoms with Crippen molar-refractivity contribution in [3.8, 4) is 0 Å². The van der Waals surface area contributed by atoms with Gasteiger partial charge in [-0.25, -0.2) is 4.79 Å². The van der Waals surface area contributed by atoms with Crippen molar-refractivity contribution >= 4 is 32.9 Å². The summed E-state index contributed by atoms with van der Waals surface area (Å²) < 4.78 is 33.3. The highest BCUT2D eigenvalue weighted by molar-refractivity contribution is 8.15. The Morgan fingerprint density at radius 1 is 1.08 bits per heavy atom. The molecule has 0 atom stereocenters. The molecule has 0 saturated heterocycles. The molecule has 2 aromatic carbocycles. The van der Waals surface area contributed by atoms with Gasteiger partial charge in [0.25, 0.3) is 0 Å². The van der Waals surface area contributed by atoms with Gasteiger partial charge in [0.2, 0.25) is 5.04 Å². The Morgan fingerprint density at radius 2 is 1.72 bits per heavy atom. The molecule has 25 heavy (non-hydrogen) atoms. The minimum absolute atomic E-state index is 0.206. The highest BCUT2D eigenvalue weighted by Gasteiger charge is 2.19. The molecule has 0 aromatic heterocycles. The number of carbonyl (C=O) groups excluding carboxylic acids is 1. The molecule has 0 heterocycles. The van der Waals surface area contributed by atoms with Crippen LogP contribution >= 0.6 is 11.8 Å². The van der Waals surface area contributed by atoms with E-state index in [0.717, 1.165) is 17.3 Å². The fourth-order valence-electron chi connectivity index (χ4n) is 1.80. The molecule has 0 saturated carbocycles. The Hall–Kier alpha value is -2.32. The Morgan fingerprint density at radius 3 is 2.32 bits per heavy atom. The Labute approximate surface area is 151 Å². The molecule has 0 amide bonds. The molecule has 0 bridgehead atoms. The second kappa shape index (κ2) is 8.68. The fourth-order valence-corrected chi connectivity index (χ4v) is 3.42. The first-order valence-electron chi connectivity index (χ1n) is 7.26. The molecule has 132 valence electrons. The number of hydrogen-bond acceptors (Lipinski definition) is 7. The van der Waals surface area contributed by atoms with Crippen LogP contribution in [0.3, 0.4) is 0 Å². The fraction of sp³-hybridized carbons (Fsp3) is 0.176. The smallest absolute Gasteiger partial charge is 0.367 e. The molecule has 2 aromatic rings. The molecule has 0 spiro atoms. The molecule has 6 nitrogen and oxygen atoms in total. The summed E-state index contributed by atoms with van der Waals surface area (Å²) in [6.07, 6.45) is 0. The Kier molecular flexibility index (Phi) is 6.60. The molecule has 0 aliphatic rings. The number of ether oxygens (including phenoxy) is 1. The summed E-state index contributed by atoms with van der Waals surface area (Å²) in [5.41, 5.74) is 1.62. The van der Waals surface area contributed by atoms with Gasteiger partial charge in [0.1, 0.15) is 5.75 Å². The number of esters is 1. The van der Waals surface area contributed by atoms with Gasteiger partial charge in [0, 0.05) is 4.90 Å². The molecule has 0 unspecified atom stereocenters. The van der Waals surface area contributed by atoms with Gasteiger partial charge in [-0.1, -0.05) is 64.9 Å². The highest BCUT2D eigenvalue weighted by atomic mass is 32.2. The summed E-state index contributed by atoms with van der Waals surface area (Å²) in [6.45, 7) is 1.93. The van der Waals surface area contributed by atoms with Crippen LogP contribution in [0.1, 0.15) is 11.1 Å². The van der Waals surface area contributed by atoms with E-state index in [9.17, 15) is 13.2 Å². The lowest BCUT2D eigenvalue weighted by molar-refractivity contribution is -0.132. The monoisotopic (exact) mass is 379 g/mol. The van der Waals surface area contributed by atoms with Crippen LogP contribution in [0.25, 0.3) is 0 Å². The van der Waals surface area contributed by atoms with Gasteiger partial charge in [-0.3, -0.25) is 4.28 Å². The topological polar surface area (TPSA) is 82.0 Å². The summed E-state index contributed by atoms with van der Waals surface area (Å²) >= 11 is 0.963. The molecule has 0 N–H and O–H groups in total. The van der Waals surface area contributed by atoms with E-state index in [0.29, 0.717) is 10.5 Å². The summed E-state index contributed by atoms with van der Waals surface area (Å²) in [4.78, 5) is 12.5. The SMILES string of the molecule is COC(=O)/C(=N/OS(=O)(=O)Cc1ccccc1)Sc1ccc(C)cc1. The van der Waals surface area contributed by atoms with Crippen molar-refractivity contribution < 1.29 is 22.2 Å². The lowest BCUT2D eigenvalue weighted by atomic mass is 10.2. The van der Waals surface area contributed by atoms with Crippen molar-refractivity contribution in [2.75, 3.05) is 7.11 Å². The van der Waals surface area contributed by atoms with Gasteiger partial charge in [-0.15, -0.1) is 0 Å². The van der Waals surface area contributed by atoms with Crippen LogP contribution in [0.2, 0.25) is 0 Å². The predicted molar refractivity (Wildman–Crippen MR) is 96.6 cm³/mol. The van der Waals surface area contributed by atoms with E-state index >= 15 is 0 Å². The molecule has 0 aliphatic heterocycles. The minimum atomic E-state index is -3.98. The number of benzene rings is 2. The summed E-state index contributed by atoms with van der Waals surface area (Å²) in [6, 6.07) is 15.9. The van der Waals surface area contributed by atoms with Crippen LogP contribution in [0.4, 0.5) is 0 Å². The predicted octanol–water partition coefficient (Wildman–Crippen LogP) is 3.12. The van der Waals surface area contributed by atoms with Crippen molar-refractivity contribution in [1.82, 2.24) is 0 Å². The lowest BCUT2D eigenvalue weighted by Gasteiger charge is -2.06. The average Bonchev–Trinajstić information content (AvgIpc) is 2.60. The first kappa shape index (κ1) is 19.0. The van der Waals surface area contributed by atoms with E-state index in [1.54, 1.807) is 42.5 Å². The third-order valence-electron chi connectivity index (χ3n) is 3.02. The number of aryl methyl sites for hydroxylation is 1. The van der Waals surface area contributed by atoms with E-state index in [1.807, 2.05) is 19.1 Å². The van der Waals surface area contributed by atoms with Gasteiger partial charge in [0.15, 0.2) is 0 Å². The van der Waals surface area contributed by atoms with Gasteiger partial charge in [-0.05, 0) is 24.6 Å². The van der Waals surface area contributed by atoms with Crippen molar-refractivity contribution in [2.45, 2.75) is 17.6 Å². The Balaban J connectivity index is 2.14. The average molecular weight is 379 g/mol. The molecule has 2 rings (SSSR count).